The van der Waals surface area contributed by atoms with E-state index in [1.165, 1.54) is 18.1 Å². The molecule has 0 spiro atoms. The fourth-order valence-corrected chi connectivity index (χ4v) is 4.10. The van der Waals surface area contributed by atoms with Gasteiger partial charge >= 0.3 is 0 Å². The van der Waals surface area contributed by atoms with Gasteiger partial charge in [0, 0.05) is 10.7 Å². The van der Waals surface area contributed by atoms with Gasteiger partial charge in [-0.15, -0.1) is 0 Å². The van der Waals surface area contributed by atoms with Crippen molar-refractivity contribution in [3.8, 4) is 11.5 Å². The highest BCUT2D eigenvalue weighted by atomic mass is 35.5. The number of nitrogens with zero attached hydrogens (tertiary/aromatic N) is 1. The summed E-state index contributed by atoms with van der Waals surface area (Å²) >= 11 is 6.14. The van der Waals surface area contributed by atoms with Gasteiger partial charge < -0.3 is 14.6 Å². The summed E-state index contributed by atoms with van der Waals surface area (Å²) < 4.78 is 10.8. The number of carbonyl (C=O) groups is 2. The summed E-state index contributed by atoms with van der Waals surface area (Å²) in [6.07, 6.45) is 0. The third-order valence-corrected chi connectivity index (χ3v) is 5.64. The van der Waals surface area contributed by atoms with E-state index in [0.29, 0.717) is 34.4 Å². The van der Waals surface area contributed by atoms with Crippen LogP contribution in [-0.4, -0.2) is 30.5 Å². The van der Waals surface area contributed by atoms with Crippen molar-refractivity contribution in [2.75, 3.05) is 18.6 Å². The summed E-state index contributed by atoms with van der Waals surface area (Å²) in [7, 11) is 1.45. The summed E-state index contributed by atoms with van der Waals surface area (Å²) in [6.45, 7) is 2.39. The van der Waals surface area contributed by atoms with Gasteiger partial charge in [0.2, 0.25) is 0 Å². The SMILES string of the molecule is CCOc1ccc(N2C(=O)C(=O)/C(=C(/O)c3cc(Cl)ccc3OC)C2c2ccccc2)cc1. The van der Waals surface area contributed by atoms with E-state index < -0.39 is 17.7 Å². The summed E-state index contributed by atoms with van der Waals surface area (Å²) in [6, 6.07) is 19.9. The fraction of sp³-hybridized carbons (Fsp3) is 0.154. The maximum Gasteiger partial charge on any atom is 0.300 e. The second-order valence-electron chi connectivity index (χ2n) is 7.35. The van der Waals surface area contributed by atoms with E-state index in [0.717, 1.165) is 0 Å². The quantitative estimate of drug-likeness (QED) is 0.302. The van der Waals surface area contributed by atoms with E-state index in [4.69, 9.17) is 21.1 Å². The molecule has 0 aliphatic carbocycles. The summed E-state index contributed by atoms with van der Waals surface area (Å²) in [5, 5.41) is 11.6. The molecule has 1 fully saturated rings. The molecule has 3 aromatic rings. The predicted octanol–water partition coefficient (Wildman–Crippen LogP) is 5.37. The molecule has 1 saturated heterocycles. The zero-order chi connectivity index (χ0) is 23.5. The van der Waals surface area contributed by atoms with E-state index in [1.54, 1.807) is 48.5 Å². The molecule has 7 heteroatoms. The van der Waals surface area contributed by atoms with Crippen LogP contribution in [0.3, 0.4) is 0 Å². The van der Waals surface area contributed by atoms with Crippen LogP contribution >= 0.6 is 11.6 Å². The number of anilines is 1. The number of amides is 1. The van der Waals surface area contributed by atoms with Crippen LogP contribution in [0.25, 0.3) is 5.76 Å². The average Bonchev–Trinajstić information content (AvgIpc) is 3.10. The van der Waals surface area contributed by atoms with Crippen molar-refractivity contribution in [1.29, 1.82) is 0 Å². The third-order valence-electron chi connectivity index (χ3n) is 5.40. The van der Waals surface area contributed by atoms with Crippen LogP contribution in [0.1, 0.15) is 24.1 Å². The van der Waals surface area contributed by atoms with Gasteiger partial charge in [-0.1, -0.05) is 41.9 Å². The van der Waals surface area contributed by atoms with Crippen molar-refractivity contribution in [1.82, 2.24) is 0 Å². The molecule has 1 aliphatic rings. The Kier molecular flexibility index (Phi) is 6.38. The molecule has 0 bridgehead atoms. The van der Waals surface area contributed by atoms with Gasteiger partial charge in [0.05, 0.1) is 30.9 Å². The molecule has 1 amide bonds. The molecule has 4 rings (SSSR count). The van der Waals surface area contributed by atoms with Gasteiger partial charge in [0.1, 0.15) is 17.3 Å². The zero-order valence-electron chi connectivity index (χ0n) is 18.1. The molecular formula is C26H22ClNO5. The number of ether oxygens (including phenoxy) is 2. The molecule has 0 saturated carbocycles. The van der Waals surface area contributed by atoms with Gasteiger partial charge in [0.25, 0.3) is 11.7 Å². The molecule has 33 heavy (non-hydrogen) atoms. The highest BCUT2D eigenvalue weighted by molar-refractivity contribution is 6.51. The lowest BCUT2D eigenvalue weighted by Gasteiger charge is -2.25. The molecule has 6 nitrogen and oxygen atoms in total. The number of ketones is 1. The van der Waals surface area contributed by atoms with Gasteiger partial charge in [-0.25, -0.2) is 0 Å². The average molecular weight is 464 g/mol. The summed E-state index contributed by atoms with van der Waals surface area (Å²) in [5.41, 5.74) is 1.37. The Morgan fingerprint density at radius 3 is 2.36 bits per heavy atom. The van der Waals surface area contributed by atoms with Crippen LogP contribution in [0.2, 0.25) is 5.02 Å². The van der Waals surface area contributed by atoms with Crippen LogP contribution in [0.15, 0.2) is 78.4 Å². The van der Waals surface area contributed by atoms with Gasteiger partial charge in [-0.2, -0.15) is 0 Å². The van der Waals surface area contributed by atoms with Crippen LogP contribution in [0.5, 0.6) is 11.5 Å². The largest absolute Gasteiger partial charge is 0.507 e. The van der Waals surface area contributed by atoms with Gasteiger partial charge in [0.15, 0.2) is 0 Å². The van der Waals surface area contributed by atoms with Crippen molar-refractivity contribution in [2.45, 2.75) is 13.0 Å². The van der Waals surface area contributed by atoms with E-state index in [1.807, 2.05) is 25.1 Å². The maximum atomic E-state index is 13.2. The van der Waals surface area contributed by atoms with E-state index >= 15 is 0 Å². The van der Waals surface area contributed by atoms with Crippen LogP contribution < -0.4 is 14.4 Å². The van der Waals surface area contributed by atoms with Crippen molar-refractivity contribution in [3.63, 3.8) is 0 Å². The van der Waals surface area contributed by atoms with E-state index in [2.05, 4.69) is 0 Å². The van der Waals surface area contributed by atoms with E-state index in [-0.39, 0.29) is 16.9 Å². The topological polar surface area (TPSA) is 76.1 Å². The van der Waals surface area contributed by atoms with Crippen molar-refractivity contribution in [3.05, 3.63) is 94.5 Å². The fourth-order valence-electron chi connectivity index (χ4n) is 3.93. The highest BCUT2D eigenvalue weighted by Crippen LogP contribution is 2.43. The van der Waals surface area contributed by atoms with Crippen molar-refractivity contribution < 1.29 is 24.2 Å². The molecule has 1 unspecified atom stereocenters. The predicted molar refractivity (Wildman–Crippen MR) is 127 cm³/mol. The standard InChI is InChI=1S/C26H22ClNO5/c1-3-33-19-12-10-18(11-13-19)28-23(16-7-5-4-6-8-16)22(25(30)26(28)31)24(29)20-15-17(27)9-14-21(20)32-2/h4-15,23,29H,3H2,1-2H3/b24-22+. The Balaban J connectivity index is 1.92. The smallest absolute Gasteiger partial charge is 0.300 e. The number of hydrogen-bond donors (Lipinski definition) is 1. The number of hydrogen-bond acceptors (Lipinski definition) is 5. The summed E-state index contributed by atoms with van der Waals surface area (Å²) in [5.74, 6) is -0.906. The normalized spacial score (nSPS) is 17.3. The number of benzene rings is 3. The number of halogens is 1. The summed E-state index contributed by atoms with van der Waals surface area (Å²) in [4.78, 5) is 27.8. The Morgan fingerprint density at radius 1 is 1.03 bits per heavy atom. The van der Waals surface area contributed by atoms with Crippen molar-refractivity contribution in [2.24, 2.45) is 0 Å². The molecule has 168 valence electrons. The molecule has 1 aliphatic heterocycles. The molecule has 3 aromatic carbocycles. The Labute approximate surface area is 196 Å². The van der Waals surface area contributed by atoms with Crippen LogP contribution in [0, 0.1) is 0 Å². The lowest BCUT2D eigenvalue weighted by Crippen LogP contribution is -2.29. The van der Waals surface area contributed by atoms with Crippen LogP contribution in [-0.2, 0) is 9.59 Å². The Hall–Kier alpha value is -3.77. The number of Topliss-reactive ketones (excluding diaryl/α,β-unsaturated/α-hetero) is 1. The van der Waals surface area contributed by atoms with Gasteiger partial charge in [-0.05, 0) is 55.0 Å². The third kappa shape index (κ3) is 4.17. The number of rotatable bonds is 6. The number of aliphatic hydroxyl groups excluding tert-OH is 1. The molecular weight excluding hydrogens is 442 g/mol. The maximum absolute atomic E-state index is 13.2. The molecule has 1 atom stereocenters. The first-order valence-electron chi connectivity index (χ1n) is 10.4. The lowest BCUT2D eigenvalue weighted by molar-refractivity contribution is -0.132. The lowest BCUT2D eigenvalue weighted by atomic mass is 9.95. The monoisotopic (exact) mass is 463 g/mol. The Bertz CT molecular complexity index is 1220. The van der Waals surface area contributed by atoms with Gasteiger partial charge in [-0.3, -0.25) is 14.5 Å². The number of methoxy groups -OCH3 is 1. The van der Waals surface area contributed by atoms with Crippen LogP contribution in [0.4, 0.5) is 5.69 Å². The van der Waals surface area contributed by atoms with E-state index in [9.17, 15) is 14.7 Å². The number of aliphatic hydroxyl groups is 1. The highest BCUT2D eigenvalue weighted by Gasteiger charge is 2.47. The molecule has 1 N–H and O–H groups in total. The minimum atomic E-state index is -0.840. The first-order valence-corrected chi connectivity index (χ1v) is 10.8. The first kappa shape index (κ1) is 22.4. The second-order valence-corrected chi connectivity index (χ2v) is 7.79. The first-order chi connectivity index (χ1) is 16.0. The molecule has 0 aromatic heterocycles. The zero-order valence-corrected chi connectivity index (χ0v) is 18.9. The Morgan fingerprint density at radius 2 is 1.73 bits per heavy atom. The molecule has 0 radical (unpaired) electrons. The number of carbonyl (C=O) groups excluding carboxylic acids is 2. The molecule has 1 heterocycles. The second kappa shape index (κ2) is 9.38. The minimum absolute atomic E-state index is 0.0411. The van der Waals surface area contributed by atoms with Crippen molar-refractivity contribution >= 4 is 34.7 Å². The minimum Gasteiger partial charge on any atom is -0.507 e.